The average molecular weight is 604 g/mol. The van der Waals surface area contributed by atoms with E-state index in [0.29, 0.717) is 22.1 Å². The fraction of sp³-hybridized carbons (Fsp3) is 0.118. The number of carbonyl (C=O) groups is 2. The Morgan fingerprint density at radius 3 is 2.45 bits per heavy atom. The molecule has 3 heterocycles. The van der Waals surface area contributed by atoms with Gasteiger partial charge in [-0.15, -0.1) is 0 Å². The molecule has 1 saturated heterocycles. The van der Waals surface area contributed by atoms with Crippen LogP contribution in [0, 0.1) is 0 Å². The molecule has 2 aromatic heterocycles. The Morgan fingerprint density at radius 1 is 0.909 bits per heavy atom. The maximum atomic E-state index is 12.5. The number of esters is 1. The van der Waals surface area contributed by atoms with Crippen LogP contribution in [0.1, 0.15) is 33.8 Å². The minimum atomic E-state index is -0.406. The number of methoxy groups -OCH3 is 1. The summed E-state index contributed by atoms with van der Waals surface area (Å²) < 4.78 is 12.5. The van der Waals surface area contributed by atoms with Gasteiger partial charge in [0.05, 0.1) is 24.4 Å². The van der Waals surface area contributed by atoms with E-state index in [-0.39, 0.29) is 24.6 Å². The monoisotopic (exact) mass is 603 g/mol. The Balaban J connectivity index is 1.30. The van der Waals surface area contributed by atoms with Gasteiger partial charge >= 0.3 is 5.97 Å². The van der Waals surface area contributed by atoms with Crippen LogP contribution in [0.3, 0.4) is 0 Å². The molecule has 3 aromatic carbocycles. The standard InChI is InChI=1S/C34H29N5O4S/c1-42-33(41)23-9-7-10-26(21-23)38-20-8-14-29(38)32-31(28-13-5-6-19-35-28)37-34(44)39(32)25-17-15-24(16-18-25)36-30(40)22-43-27-11-3-2-4-12-27/h2-21,31-32H,22H2,1H3,(H,36,40)(H,37,44)/t31-,32-/m0/s1. The Morgan fingerprint density at radius 2 is 1.70 bits per heavy atom. The third-order valence-corrected chi connectivity index (χ3v) is 7.58. The number of benzene rings is 3. The van der Waals surface area contributed by atoms with Crippen LogP contribution in [0.4, 0.5) is 11.4 Å². The summed E-state index contributed by atoms with van der Waals surface area (Å²) >= 11 is 5.90. The highest BCUT2D eigenvalue weighted by Gasteiger charge is 2.42. The molecule has 0 bridgehead atoms. The normalized spacial score (nSPS) is 15.8. The van der Waals surface area contributed by atoms with Crippen LogP contribution >= 0.6 is 12.2 Å². The van der Waals surface area contributed by atoms with E-state index < -0.39 is 5.97 Å². The number of hydrogen-bond donors (Lipinski definition) is 2. The molecule has 0 unspecified atom stereocenters. The lowest BCUT2D eigenvalue weighted by atomic mass is 10.0. The molecule has 0 spiro atoms. The number of ether oxygens (including phenoxy) is 2. The van der Waals surface area contributed by atoms with Crippen molar-refractivity contribution in [3.05, 3.63) is 139 Å². The third kappa shape index (κ3) is 6.02. The zero-order valence-electron chi connectivity index (χ0n) is 23.8. The Bertz CT molecular complexity index is 1780. The molecule has 9 nitrogen and oxygen atoms in total. The minimum absolute atomic E-state index is 0.103. The number of anilines is 2. The Hall–Kier alpha value is -5.48. The lowest BCUT2D eigenvalue weighted by Crippen LogP contribution is -2.30. The molecule has 44 heavy (non-hydrogen) atoms. The van der Waals surface area contributed by atoms with Crippen molar-refractivity contribution in [3.8, 4) is 11.4 Å². The van der Waals surface area contributed by atoms with Crippen molar-refractivity contribution < 1.29 is 19.1 Å². The summed E-state index contributed by atoms with van der Waals surface area (Å²) in [4.78, 5) is 31.5. The van der Waals surface area contributed by atoms with E-state index >= 15 is 0 Å². The van der Waals surface area contributed by atoms with Crippen LogP contribution < -0.4 is 20.3 Å². The molecule has 1 aliphatic heterocycles. The second kappa shape index (κ2) is 12.8. The predicted molar refractivity (Wildman–Crippen MR) is 172 cm³/mol. The van der Waals surface area contributed by atoms with E-state index in [0.717, 1.165) is 22.8 Å². The molecule has 0 saturated carbocycles. The molecule has 2 N–H and O–H groups in total. The highest BCUT2D eigenvalue weighted by atomic mass is 32.1. The first-order valence-electron chi connectivity index (χ1n) is 14.0. The summed E-state index contributed by atoms with van der Waals surface area (Å²) in [7, 11) is 1.37. The zero-order chi connectivity index (χ0) is 30.5. The van der Waals surface area contributed by atoms with Gasteiger partial charge in [-0.25, -0.2) is 4.79 Å². The first-order valence-corrected chi connectivity index (χ1v) is 14.4. The van der Waals surface area contributed by atoms with Crippen molar-refractivity contribution >= 4 is 40.6 Å². The molecule has 10 heteroatoms. The molecule has 0 radical (unpaired) electrons. The van der Waals surface area contributed by atoms with Crippen molar-refractivity contribution in [2.45, 2.75) is 12.1 Å². The number of carbonyl (C=O) groups excluding carboxylic acids is 2. The topological polar surface area (TPSA) is 97.7 Å². The fourth-order valence-corrected chi connectivity index (χ4v) is 5.62. The van der Waals surface area contributed by atoms with Gasteiger partial charge in [-0.1, -0.05) is 30.3 Å². The molecule has 220 valence electrons. The first kappa shape index (κ1) is 28.6. The van der Waals surface area contributed by atoms with Gasteiger partial charge in [0.1, 0.15) is 11.8 Å². The molecule has 1 fully saturated rings. The number of amides is 1. The molecule has 6 rings (SSSR count). The van der Waals surface area contributed by atoms with Crippen molar-refractivity contribution in [2.75, 3.05) is 23.9 Å². The molecule has 0 aliphatic carbocycles. The van der Waals surface area contributed by atoms with Crippen LogP contribution in [0.5, 0.6) is 5.75 Å². The number of nitrogens with one attached hydrogen (secondary N) is 2. The van der Waals surface area contributed by atoms with Crippen LogP contribution in [-0.4, -0.2) is 40.3 Å². The van der Waals surface area contributed by atoms with Crippen LogP contribution in [0.2, 0.25) is 0 Å². The van der Waals surface area contributed by atoms with Crippen LogP contribution in [0.15, 0.2) is 122 Å². The van der Waals surface area contributed by atoms with Gasteiger partial charge in [0.15, 0.2) is 11.7 Å². The number of thiocarbonyl (C=S) groups is 1. The van der Waals surface area contributed by atoms with Crippen molar-refractivity contribution in [3.63, 3.8) is 0 Å². The smallest absolute Gasteiger partial charge is 0.337 e. The molecule has 5 aromatic rings. The summed E-state index contributed by atoms with van der Waals surface area (Å²) in [5.74, 6) is -0.0422. The van der Waals surface area contributed by atoms with Crippen LogP contribution in [-0.2, 0) is 9.53 Å². The molecule has 1 amide bonds. The number of para-hydroxylation sites is 1. The SMILES string of the molecule is COC(=O)c1cccc(-n2cccc2[C@H]2[C@H](c3ccccn3)NC(=S)N2c2ccc(NC(=O)COc3ccccc3)cc2)c1. The highest BCUT2D eigenvalue weighted by molar-refractivity contribution is 7.80. The number of pyridine rings is 1. The van der Waals surface area contributed by atoms with Gasteiger partial charge in [-0.2, -0.15) is 0 Å². The van der Waals surface area contributed by atoms with E-state index in [1.54, 1.807) is 30.5 Å². The first-order chi connectivity index (χ1) is 21.5. The Kier molecular flexibility index (Phi) is 8.33. The summed E-state index contributed by atoms with van der Waals surface area (Å²) in [6, 6.07) is 33.2. The lowest BCUT2D eigenvalue weighted by molar-refractivity contribution is -0.118. The van der Waals surface area contributed by atoms with E-state index in [1.165, 1.54) is 7.11 Å². The zero-order valence-corrected chi connectivity index (χ0v) is 24.6. The summed E-state index contributed by atoms with van der Waals surface area (Å²) in [5.41, 5.74) is 4.50. The van der Waals surface area contributed by atoms with E-state index in [9.17, 15) is 9.59 Å². The van der Waals surface area contributed by atoms with Gasteiger partial charge in [-0.05, 0) is 91.1 Å². The van der Waals surface area contributed by atoms with Crippen LogP contribution in [0.25, 0.3) is 5.69 Å². The quantitative estimate of drug-likeness (QED) is 0.160. The largest absolute Gasteiger partial charge is 0.484 e. The van der Waals surface area contributed by atoms with Gasteiger partial charge in [-0.3, -0.25) is 9.78 Å². The van der Waals surface area contributed by atoms with Gasteiger partial charge < -0.3 is 29.6 Å². The second-order valence-corrected chi connectivity index (χ2v) is 10.4. The third-order valence-electron chi connectivity index (χ3n) is 7.27. The summed E-state index contributed by atoms with van der Waals surface area (Å²) in [5, 5.41) is 6.89. The predicted octanol–water partition coefficient (Wildman–Crippen LogP) is 5.85. The van der Waals surface area contributed by atoms with E-state index in [2.05, 4.69) is 20.5 Å². The van der Waals surface area contributed by atoms with Crippen molar-refractivity contribution in [2.24, 2.45) is 0 Å². The molecule has 2 atom stereocenters. The maximum absolute atomic E-state index is 12.5. The number of aromatic nitrogens is 2. The molecular formula is C34H29N5O4S. The molecular weight excluding hydrogens is 574 g/mol. The summed E-state index contributed by atoms with van der Waals surface area (Å²) in [6.45, 7) is -0.103. The highest BCUT2D eigenvalue weighted by Crippen LogP contribution is 2.42. The van der Waals surface area contributed by atoms with Gasteiger partial charge in [0, 0.05) is 35.1 Å². The lowest BCUT2D eigenvalue weighted by Gasteiger charge is -2.29. The minimum Gasteiger partial charge on any atom is -0.484 e. The Labute approximate surface area is 260 Å². The summed E-state index contributed by atoms with van der Waals surface area (Å²) in [6.07, 6.45) is 3.72. The van der Waals surface area contributed by atoms with E-state index in [1.807, 2.05) is 95.7 Å². The van der Waals surface area contributed by atoms with Gasteiger partial charge in [0.2, 0.25) is 0 Å². The van der Waals surface area contributed by atoms with Crippen molar-refractivity contribution in [1.29, 1.82) is 0 Å². The number of rotatable bonds is 9. The second-order valence-electron chi connectivity index (χ2n) is 10.0. The average Bonchev–Trinajstić information content (AvgIpc) is 3.69. The fourth-order valence-electron chi connectivity index (χ4n) is 5.27. The number of hydrogen-bond acceptors (Lipinski definition) is 6. The maximum Gasteiger partial charge on any atom is 0.337 e. The number of nitrogens with zero attached hydrogens (tertiary/aromatic N) is 3. The van der Waals surface area contributed by atoms with E-state index in [4.69, 9.17) is 21.7 Å². The van der Waals surface area contributed by atoms with Crippen molar-refractivity contribution in [1.82, 2.24) is 14.9 Å². The molecule has 1 aliphatic rings. The van der Waals surface area contributed by atoms with Gasteiger partial charge in [0.25, 0.3) is 5.91 Å².